The Morgan fingerprint density at radius 3 is 2.27 bits per heavy atom. The summed E-state index contributed by atoms with van der Waals surface area (Å²) in [5, 5.41) is 4.09. The first-order valence-electron chi connectivity index (χ1n) is 11.5. The molecule has 0 radical (unpaired) electrons. The third-order valence-corrected chi connectivity index (χ3v) is 7.05. The highest BCUT2D eigenvalue weighted by molar-refractivity contribution is 7.92. The number of rotatable bonds is 8. The van der Waals surface area contributed by atoms with Gasteiger partial charge in [-0.15, -0.1) is 0 Å². The minimum Gasteiger partial charge on any atom is -0.318 e. The smallest absolute Gasteiger partial charge is 0.271 e. The average Bonchev–Trinajstić information content (AvgIpc) is 3.16. The van der Waals surface area contributed by atoms with E-state index in [1.165, 1.54) is 16.4 Å². The number of hydrogen-bond donors (Lipinski definition) is 1. The topological polar surface area (TPSA) is 83.8 Å². The summed E-state index contributed by atoms with van der Waals surface area (Å²) in [7, 11) is -3.53. The fourth-order valence-electron chi connectivity index (χ4n) is 4.06. The van der Waals surface area contributed by atoms with Crippen LogP contribution in [0.5, 0.6) is 0 Å². The van der Waals surface area contributed by atoms with Crippen LogP contribution >= 0.6 is 0 Å². The predicted octanol–water partition coefficient (Wildman–Crippen LogP) is 4.96. The van der Waals surface area contributed by atoms with Crippen LogP contribution in [0.3, 0.4) is 0 Å². The predicted molar refractivity (Wildman–Crippen MR) is 144 cm³/mol. The van der Waals surface area contributed by atoms with Crippen LogP contribution in [0.15, 0.2) is 90.0 Å². The molecular formula is C28H27FN4O3S. The van der Waals surface area contributed by atoms with Crippen molar-refractivity contribution in [3.63, 3.8) is 0 Å². The van der Waals surface area contributed by atoms with E-state index in [0.717, 1.165) is 34.5 Å². The number of amides is 1. The zero-order chi connectivity index (χ0) is 26.6. The maximum Gasteiger partial charge on any atom is 0.271 e. The van der Waals surface area contributed by atoms with Crippen LogP contribution in [0.25, 0.3) is 5.69 Å². The van der Waals surface area contributed by atoms with Gasteiger partial charge < -0.3 is 4.57 Å². The van der Waals surface area contributed by atoms with E-state index in [1.54, 1.807) is 42.6 Å². The molecule has 3 aromatic carbocycles. The number of benzene rings is 3. The Balaban J connectivity index is 1.46. The second-order valence-electron chi connectivity index (χ2n) is 8.64. The molecule has 0 spiro atoms. The van der Waals surface area contributed by atoms with Crippen molar-refractivity contribution in [2.45, 2.75) is 20.4 Å². The zero-order valence-electron chi connectivity index (χ0n) is 20.7. The summed E-state index contributed by atoms with van der Waals surface area (Å²) < 4.78 is 41.4. The van der Waals surface area contributed by atoms with Crippen molar-refractivity contribution < 1.29 is 17.6 Å². The summed E-state index contributed by atoms with van der Waals surface area (Å²) in [4.78, 5) is 12.6. The standard InChI is InChI=1S/C28H27FN4O3S/c1-20-17-24(21(2)33(20)27-15-11-25(29)12-16-27)18-30-31-28(34)23-9-13-26(14-10-23)32(37(3,35)36)19-22-7-5-4-6-8-22/h4-18H,19H2,1-3H3,(H,31,34)/b30-18+. The van der Waals surface area contributed by atoms with Gasteiger partial charge >= 0.3 is 0 Å². The average molecular weight is 519 g/mol. The lowest BCUT2D eigenvalue weighted by Gasteiger charge is -2.22. The number of nitrogens with zero attached hydrogens (tertiary/aromatic N) is 3. The zero-order valence-corrected chi connectivity index (χ0v) is 21.5. The third-order valence-electron chi connectivity index (χ3n) is 5.91. The van der Waals surface area contributed by atoms with Gasteiger partial charge in [0.2, 0.25) is 10.0 Å². The van der Waals surface area contributed by atoms with Crippen molar-refractivity contribution in [1.29, 1.82) is 0 Å². The Kier molecular flexibility index (Phi) is 7.54. The fraction of sp³-hybridized carbons (Fsp3) is 0.143. The molecule has 0 aliphatic rings. The SMILES string of the molecule is Cc1cc(/C=N/NC(=O)c2ccc(N(Cc3ccccc3)S(C)(=O)=O)cc2)c(C)n1-c1ccc(F)cc1. The Labute approximate surface area is 215 Å². The number of carbonyl (C=O) groups is 1. The Morgan fingerprint density at radius 1 is 1.00 bits per heavy atom. The molecule has 9 heteroatoms. The third kappa shape index (κ3) is 6.13. The molecule has 1 amide bonds. The molecule has 1 N–H and O–H groups in total. The number of carbonyl (C=O) groups excluding carboxylic acids is 1. The molecule has 0 bridgehead atoms. The number of nitrogens with one attached hydrogen (secondary N) is 1. The molecule has 0 atom stereocenters. The van der Waals surface area contributed by atoms with E-state index in [4.69, 9.17) is 0 Å². The lowest BCUT2D eigenvalue weighted by molar-refractivity contribution is 0.0955. The van der Waals surface area contributed by atoms with E-state index in [1.807, 2.05) is 54.8 Å². The number of aromatic nitrogens is 1. The number of sulfonamides is 1. The van der Waals surface area contributed by atoms with Gasteiger partial charge in [-0.25, -0.2) is 18.2 Å². The van der Waals surface area contributed by atoms with Gasteiger partial charge in [-0.3, -0.25) is 9.10 Å². The fourth-order valence-corrected chi connectivity index (χ4v) is 4.95. The molecular weight excluding hydrogens is 491 g/mol. The molecule has 0 saturated heterocycles. The molecule has 0 unspecified atom stereocenters. The molecule has 7 nitrogen and oxygen atoms in total. The second-order valence-corrected chi connectivity index (χ2v) is 10.5. The number of hydrogen-bond acceptors (Lipinski definition) is 4. The summed E-state index contributed by atoms with van der Waals surface area (Å²) in [5.74, 6) is -0.729. The molecule has 1 aromatic heterocycles. The van der Waals surface area contributed by atoms with Crippen molar-refractivity contribution in [1.82, 2.24) is 9.99 Å². The van der Waals surface area contributed by atoms with Crippen LogP contribution < -0.4 is 9.73 Å². The summed E-state index contributed by atoms with van der Waals surface area (Å²) >= 11 is 0. The number of hydrazone groups is 1. The van der Waals surface area contributed by atoms with Gasteiger partial charge in [-0.05, 0) is 74.0 Å². The first-order valence-corrected chi connectivity index (χ1v) is 13.4. The van der Waals surface area contributed by atoms with E-state index in [9.17, 15) is 17.6 Å². The first kappa shape index (κ1) is 25.8. The van der Waals surface area contributed by atoms with Gasteiger partial charge in [0.25, 0.3) is 5.91 Å². The quantitative estimate of drug-likeness (QED) is 0.264. The van der Waals surface area contributed by atoms with Crippen molar-refractivity contribution in [3.05, 3.63) is 119 Å². The highest BCUT2D eigenvalue weighted by atomic mass is 32.2. The van der Waals surface area contributed by atoms with E-state index < -0.39 is 15.9 Å². The Hall–Kier alpha value is -4.24. The van der Waals surface area contributed by atoms with E-state index in [2.05, 4.69) is 10.5 Å². The van der Waals surface area contributed by atoms with Crippen molar-refractivity contribution >= 4 is 27.8 Å². The highest BCUT2D eigenvalue weighted by Gasteiger charge is 2.18. The normalized spacial score (nSPS) is 11.6. The Morgan fingerprint density at radius 2 is 1.65 bits per heavy atom. The summed E-state index contributed by atoms with van der Waals surface area (Å²) in [6.07, 6.45) is 2.71. The summed E-state index contributed by atoms with van der Waals surface area (Å²) in [6, 6.07) is 23.7. The van der Waals surface area contributed by atoms with Crippen LogP contribution in [0.4, 0.5) is 10.1 Å². The van der Waals surface area contributed by atoms with Gasteiger partial charge in [0.05, 0.1) is 24.7 Å². The monoisotopic (exact) mass is 518 g/mol. The minimum atomic E-state index is -3.53. The molecule has 0 saturated carbocycles. The lowest BCUT2D eigenvalue weighted by Crippen LogP contribution is -2.29. The van der Waals surface area contributed by atoms with E-state index in [-0.39, 0.29) is 12.4 Å². The van der Waals surface area contributed by atoms with Gasteiger partial charge in [0.15, 0.2) is 0 Å². The van der Waals surface area contributed by atoms with Gasteiger partial charge in [0.1, 0.15) is 5.82 Å². The summed E-state index contributed by atoms with van der Waals surface area (Å²) in [6.45, 7) is 4.04. The number of aryl methyl sites for hydroxylation is 1. The summed E-state index contributed by atoms with van der Waals surface area (Å²) in [5.41, 5.74) is 7.63. The van der Waals surface area contributed by atoms with Crippen molar-refractivity contribution in [2.24, 2.45) is 5.10 Å². The van der Waals surface area contributed by atoms with Crippen LogP contribution in [-0.2, 0) is 16.6 Å². The molecule has 0 aliphatic carbocycles. The van der Waals surface area contributed by atoms with Crippen molar-refractivity contribution in [2.75, 3.05) is 10.6 Å². The van der Waals surface area contributed by atoms with E-state index >= 15 is 0 Å². The Bertz CT molecular complexity index is 1530. The largest absolute Gasteiger partial charge is 0.318 e. The maximum atomic E-state index is 13.3. The number of anilines is 1. The van der Waals surface area contributed by atoms with Gasteiger partial charge in [-0.2, -0.15) is 5.10 Å². The number of halogens is 1. The van der Waals surface area contributed by atoms with Gasteiger partial charge in [-0.1, -0.05) is 30.3 Å². The first-order chi connectivity index (χ1) is 17.6. The maximum absolute atomic E-state index is 13.3. The molecule has 1 heterocycles. The molecule has 37 heavy (non-hydrogen) atoms. The van der Waals surface area contributed by atoms with Crippen LogP contribution in [0.2, 0.25) is 0 Å². The van der Waals surface area contributed by atoms with Gasteiger partial charge in [0, 0.05) is 28.2 Å². The lowest BCUT2D eigenvalue weighted by atomic mass is 10.2. The minimum absolute atomic E-state index is 0.186. The molecule has 0 fully saturated rings. The van der Waals surface area contributed by atoms with Crippen LogP contribution in [-0.4, -0.2) is 31.4 Å². The highest BCUT2D eigenvalue weighted by Crippen LogP contribution is 2.22. The molecule has 4 aromatic rings. The van der Waals surface area contributed by atoms with E-state index in [0.29, 0.717) is 11.3 Å². The molecule has 190 valence electrons. The second kappa shape index (κ2) is 10.8. The van der Waals surface area contributed by atoms with Crippen LogP contribution in [0, 0.1) is 19.7 Å². The molecule has 0 aliphatic heterocycles. The van der Waals surface area contributed by atoms with Crippen LogP contribution in [0.1, 0.15) is 32.9 Å². The van der Waals surface area contributed by atoms with Crippen molar-refractivity contribution in [3.8, 4) is 5.69 Å². The molecule has 4 rings (SSSR count).